The van der Waals surface area contributed by atoms with E-state index in [1.165, 1.54) is 11.1 Å². The maximum absolute atomic E-state index is 15.2. The molecule has 1 saturated heterocycles. The molecule has 0 atom stereocenters. The largest absolute Gasteiger partial charge is 0.477 e. The Morgan fingerprint density at radius 3 is 2.18 bits per heavy atom. The second-order valence-corrected chi connectivity index (χ2v) is 9.78. The number of piperazine rings is 1. The molecule has 3 aromatic carbocycles. The zero-order chi connectivity index (χ0) is 27.4. The van der Waals surface area contributed by atoms with Gasteiger partial charge in [-0.25, -0.2) is 9.18 Å². The van der Waals surface area contributed by atoms with Crippen LogP contribution in [0.1, 0.15) is 38.0 Å². The molecular weight excluding hydrogens is 503 g/mol. The minimum Gasteiger partial charge on any atom is -0.477 e. The van der Waals surface area contributed by atoms with Crippen molar-refractivity contribution in [3.05, 3.63) is 87.5 Å². The Balaban J connectivity index is 1.23. The normalized spacial score (nSPS) is 15.9. The average molecular weight is 529 g/mol. The highest BCUT2D eigenvalue weighted by Gasteiger charge is 2.34. The molecule has 2 aliphatic heterocycles. The molecule has 0 saturated carbocycles. The van der Waals surface area contributed by atoms with Crippen LogP contribution in [0.3, 0.4) is 0 Å². The molecule has 198 valence electrons. The lowest BCUT2D eigenvalue weighted by atomic mass is 9.94. The molecule has 4 aromatic rings. The number of carbonyl (C=O) groups is 3. The van der Waals surface area contributed by atoms with Gasteiger partial charge in [-0.05, 0) is 36.6 Å². The van der Waals surface area contributed by atoms with Gasteiger partial charge in [0.05, 0.1) is 17.9 Å². The first-order valence-electron chi connectivity index (χ1n) is 12.7. The van der Waals surface area contributed by atoms with Gasteiger partial charge in [0, 0.05) is 60.8 Å². The van der Waals surface area contributed by atoms with Gasteiger partial charge < -0.3 is 14.6 Å². The molecule has 1 fully saturated rings. The van der Waals surface area contributed by atoms with Crippen molar-refractivity contribution < 1.29 is 23.9 Å². The van der Waals surface area contributed by atoms with E-state index in [0.717, 1.165) is 11.5 Å². The first kappa shape index (κ1) is 24.7. The molecule has 3 heterocycles. The molecule has 39 heavy (non-hydrogen) atoms. The van der Waals surface area contributed by atoms with E-state index >= 15 is 4.39 Å². The molecule has 9 nitrogen and oxygen atoms in total. The number of fused-ring (bicyclic) bond motifs is 1. The van der Waals surface area contributed by atoms with Crippen LogP contribution < -0.4 is 10.3 Å². The Morgan fingerprint density at radius 2 is 1.59 bits per heavy atom. The first-order valence-corrected chi connectivity index (χ1v) is 12.7. The SMILES string of the molecule is CCn1cc(C(=O)O)c(=O)c2cc(F)c(N3CCN(CN4C(=O)c5cccc6cccc(c56)C4=O)CC3)cc21. The molecule has 0 aliphatic carbocycles. The molecule has 0 bridgehead atoms. The van der Waals surface area contributed by atoms with Gasteiger partial charge >= 0.3 is 5.97 Å². The number of halogens is 1. The maximum atomic E-state index is 15.2. The summed E-state index contributed by atoms with van der Waals surface area (Å²) in [5, 5.41) is 10.9. The number of hydrogen-bond acceptors (Lipinski definition) is 6. The molecule has 2 amide bonds. The van der Waals surface area contributed by atoms with Crippen molar-refractivity contribution in [2.75, 3.05) is 37.7 Å². The van der Waals surface area contributed by atoms with Gasteiger partial charge in [0.15, 0.2) is 0 Å². The summed E-state index contributed by atoms with van der Waals surface area (Å²) < 4.78 is 16.9. The van der Waals surface area contributed by atoms with E-state index in [-0.39, 0.29) is 23.9 Å². The summed E-state index contributed by atoms with van der Waals surface area (Å²) in [5.41, 5.74) is 0.679. The third-order valence-electron chi connectivity index (χ3n) is 7.63. The van der Waals surface area contributed by atoms with Crippen molar-refractivity contribution in [3.63, 3.8) is 0 Å². The zero-order valence-corrected chi connectivity index (χ0v) is 21.2. The predicted octanol–water partition coefficient (Wildman–Crippen LogP) is 3.39. The van der Waals surface area contributed by atoms with E-state index in [0.29, 0.717) is 60.4 Å². The molecule has 0 radical (unpaired) electrons. The van der Waals surface area contributed by atoms with Gasteiger partial charge in [-0.3, -0.25) is 24.2 Å². The summed E-state index contributed by atoms with van der Waals surface area (Å²) in [6, 6.07) is 13.6. The number of anilines is 1. The highest BCUT2D eigenvalue weighted by Crippen LogP contribution is 2.31. The average Bonchev–Trinajstić information content (AvgIpc) is 2.94. The number of imide groups is 1. The third-order valence-corrected chi connectivity index (χ3v) is 7.63. The number of rotatable bonds is 5. The van der Waals surface area contributed by atoms with E-state index in [4.69, 9.17) is 0 Å². The van der Waals surface area contributed by atoms with E-state index in [1.54, 1.807) is 22.8 Å². The highest BCUT2D eigenvalue weighted by atomic mass is 19.1. The van der Waals surface area contributed by atoms with Crippen molar-refractivity contribution in [2.24, 2.45) is 0 Å². The van der Waals surface area contributed by atoms with Crippen LogP contribution in [0.15, 0.2) is 59.5 Å². The van der Waals surface area contributed by atoms with E-state index in [2.05, 4.69) is 0 Å². The Morgan fingerprint density at radius 1 is 0.949 bits per heavy atom. The minimum absolute atomic E-state index is 0.0223. The monoisotopic (exact) mass is 528 g/mol. The molecule has 6 rings (SSSR count). The molecule has 1 aromatic heterocycles. The quantitative estimate of drug-likeness (QED) is 0.396. The fourth-order valence-corrected chi connectivity index (χ4v) is 5.59. The number of pyridine rings is 1. The van der Waals surface area contributed by atoms with Gasteiger partial charge in [0.25, 0.3) is 11.8 Å². The number of nitrogens with zero attached hydrogens (tertiary/aromatic N) is 4. The van der Waals surface area contributed by atoms with E-state index in [1.807, 2.05) is 41.0 Å². The van der Waals surface area contributed by atoms with Gasteiger partial charge in [-0.15, -0.1) is 0 Å². The maximum Gasteiger partial charge on any atom is 0.341 e. The lowest BCUT2D eigenvalue weighted by molar-refractivity contribution is 0.0489. The topological polar surface area (TPSA) is 103 Å². The molecule has 0 unspecified atom stereocenters. The predicted molar refractivity (Wildman–Crippen MR) is 144 cm³/mol. The number of carbonyl (C=O) groups excluding carboxylic acids is 2. The van der Waals surface area contributed by atoms with Gasteiger partial charge in [-0.2, -0.15) is 0 Å². The van der Waals surface area contributed by atoms with Crippen LogP contribution in [0.5, 0.6) is 0 Å². The van der Waals surface area contributed by atoms with Crippen molar-refractivity contribution in [1.82, 2.24) is 14.4 Å². The van der Waals surface area contributed by atoms with E-state index < -0.39 is 22.8 Å². The Labute approximate surface area is 222 Å². The fourth-order valence-electron chi connectivity index (χ4n) is 5.59. The Bertz CT molecular complexity index is 1710. The van der Waals surface area contributed by atoms with Crippen LogP contribution in [0.4, 0.5) is 10.1 Å². The lowest BCUT2D eigenvalue weighted by Gasteiger charge is -2.39. The molecule has 10 heteroatoms. The van der Waals surface area contributed by atoms with Crippen LogP contribution >= 0.6 is 0 Å². The number of carboxylic acid groups (broad SMARTS) is 1. The second-order valence-electron chi connectivity index (χ2n) is 9.78. The number of carboxylic acids is 1. The number of benzene rings is 3. The highest BCUT2D eigenvalue weighted by molar-refractivity contribution is 6.25. The Kier molecular flexibility index (Phi) is 5.91. The fraction of sp³-hybridized carbons (Fsp3) is 0.241. The molecule has 2 aliphatic rings. The standard InChI is InChI=1S/C29H25FN4O5/c1-2-32-15-21(29(38)39)26(35)20-13-22(30)24(14-23(20)32)33-11-9-31(10-12-33)16-34-27(36)18-7-3-5-17-6-4-8-19(25(17)18)28(34)37/h3-8,13-15H,2,9-12,16H2,1H3,(H,38,39). The summed E-state index contributed by atoms with van der Waals surface area (Å²) in [6.07, 6.45) is 1.29. The van der Waals surface area contributed by atoms with Gasteiger partial charge in [-0.1, -0.05) is 24.3 Å². The van der Waals surface area contributed by atoms with Crippen LogP contribution in [0.2, 0.25) is 0 Å². The van der Waals surface area contributed by atoms with Crippen molar-refractivity contribution >= 4 is 45.1 Å². The number of hydrogen-bond donors (Lipinski definition) is 1. The van der Waals surface area contributed by atoms with Crippen LogP contribution in [0.25, 0.3) is 21.7 Å². The van der Waals surface area contributed by atoms with Crippen LogP contribution in [-0.4, -0.2) is 70.1 Å². The van der Waals surface area contributed by atoms with Gasteiger partial charge in [0.2, 0.25) is 5.43 Å². The van der Waals surface area contributed by atoms with E-state index in [9.17, 15) is 24.3 Å². The van der Waals surface area contributed by atoms with Gasteiger partial charge in [0.1, 0.15) is 11.4 Å². The molecule has 1 N–H and O–H groups in total. The summed E-state index contributed by atoms with van der Waals surface area (Å²) in [4.78, 5) is 55.8. The molecular formula is C29H25FN4O5. The molecule has 0 spiro atoms. The van der Waals surface area contributed by atoms with Crippen LogP contribution in [-0.2, 0) is 6.54 Å². The minimum atomic E-state index is -1.35. The first-order chi connectivity index (χ1) is 18.8. The van der Waals surface area contributed by atoms with Crippen LogP contribution in [0, 0.1) is 5.82 Å². The smallest absolute Gasteiger partial charge is 0.341 e. The summed E-state index contributed by atoms with van der Waals surface area (Å²) in [7, 11) is 0. The van der Waals surface area contributed by atoms with Crippen molar-refractivity contribution in [1.29, 1.82) is 0 Å². The van der Waals surface area contributed by atoms with Crippen molar-refractivity contribution in [2.45, 2.75) is 13.5 Å². The number of aromatic nitrogens is 1. The summed E-state index contributed by atoms with van der Waals surface area (Å²) in [6.45, 7) is 4.20. The Hall–Kier alpha value is -4.57. The number of amides is 2. The summed E-state index contributed by atoms with van der Waals surface area (Å²) in [5.74, 6) is -2.61. The lowest BCUT2D eigenvalue weighted by Crippen LogP contribution is -2.53. The third kappa shape index (κ3) is 3.95. The summed E-state index contributed by atoms with van der Waals surface area (Å²) >= 11 is 0. The number of aryl methyl sites for hydroxylation is 1. The number of aromatic carboxylic acids is 1. The zero-order valence-electron chi connectivity index (χ0n) is 21.2. The second kappa shape index (κ2) is 9.32. The van der Waals surface area contributed by atoms with Crippen molar-refractivity contribution in [3.8, 4) is 0 Å².